The summed E-state index contributed by atoms with van der Waals surface area (Å²) in [6.45, 7) is 4.31. The molecule has 0 bridgehead atoms. The van der Waals surface area contributed by atoms with E-state index in [9.17, 15) is 4.79 Å². The van der Waals surface area contributed by atoms with E-state index >= 15 is 0 Å². The number of aliphatic imine (C=N–C) groups is 1. The zero-order valence-electron chi connectivity index (χ0n) is 17.7. The Morgan fingerprint density at radius 3 is 2.59 bits per heavy atom. The molecule has 1 aromatic heterocycles. The van der Waals surface area contributed by atoms with Crippen molar-refractivity contribution in [2.24, 2.45) is 4.99 Å². The Balaban J connectivity index is 1.36. The molecule has 1 amide bonds. The number of thioether (sulfide) groups is 1. The van der Waals surface area contributed by atoms with Crippen molar-refractivity contribution < 1.29 is 4.79 Å². The van der Waals surface area contributed by atoms with Gasteiger partial charge in [-0.05, 0) is 59.5 Å². The summed E-state index contributed by atoms with van der Waals surface area (Å²) in [4.78, 5) is 21.5. The topological polar surface area (TPSA) is 54.4 Å². The summed E-state index contributed by atoms with van der Waals surface area (Å²) < 4.78 is 2.98. The predicted octanol–water partition coefficient (Wildman–Crippen LogP) is 7.66. The molecule has 0 atom stereocenters. The normalized spacial score (nSPS) is 11.5. The van der Waals surface area contributed by atoms with Gasteiger partial charge in [0.15, 0.2) is 4.34 Å². The van der Waals surface area contributed by atoms with Crippen LogP contribution in [0, 0.1) is 0 Å². The van der Waals surface area contributed by atoms with E-state index in [2.05, 4.69) is 57.2 Å². The molecule has 1 heterocycles. The number of aromatic nitrogens is 1. The fraction of sp³-hybridized carbons (Fsp3) is 0.160. The highest BCUT2D eigenvalue weighted by Crippen LogP contribution is 2.32. The van der Waals surface area contributed by atoms with Crippen LogP contribution >= 0.6 is 39.0 Å². The molecule has 4 rings (SSSR count). The largest absolute Gasteiger partial charge is 0.325 e. The monoisotopic (exact) mass is 523 g/mol. The lowest BCUT2D eigenvalue weighted by Crippen LogP contribution is -2.13. The average Bonchev–Trinajstić information content (AvgIpc) is 3.20. The maximum Gasteiger partial charge on any atom is 0.234 e. The Morgan fingerprint density at radius 1 is 1.12 bits per heavy atom. The fourth-order valence-corrected chi connectivity index (χ4v) is 5.17. The van der Waals surface area contributed by atoms with Crippen molar-refractivity contribution >= 4 is 72.7 Å². The van der Waals surface area contributed by atoms with Gasteiger partial charge in [-0.15, -0.1) is 11.3 Å². The van der Waals surface area contributed by atoms with Crippen LogP contribution in [0.3, 0.4) is 0 Å². The summed E-state index contributed by atoms with van der Waals surface area (Å²) in [5.74, 6) is 0.757. The molecule has 0 spiro atoms. The van der Waals surface area contributed by atoms with Crippen molar-refractivity contribution in [1.29, 1.82) is 0 Å². The SMILES string of the molecule is CC(C)c1ccc(NC(=O)CSc2nc3ccc(N=Cc4ccc(Br)cc4)cc3s2)cc1. The van der Waals surface area contributed by atoms with E-state index in [-0.39, 0.29) is 5.91 Å². The van der Waals surface area contributed by atoms with E-state index in [0.717, 1.165) is 36.0 Å². The summed E-state index contributed by atoms with van der Waals surface area (Å²) in [7, 11) is 0. The Hall–Kier alpha value is -2.48. The number of nitrogens with zero attached hydrogens (tertiary/aromatic N) is 2. The van der Waals surface area contributed by atoms with Crippen molar-refractivity contribution in [2.75, 3.05) is 11.1 Å². The lowest BCUT2D eigenvalue weighted by Gasteiger charge is -2.08. The first kappa shape index (κ1) is 22.7. The van der Waals surface area contributed by atoms with Crippen LogP contribution in [0.2, 0.25) is 0 Å². The Labute approximate surface area is 204 Å². The number of hydrogen-bond donors (Lipinski definition) is 1. The van der Waals surface area contributed by atoms with Crippen LogP contribution in [0.15, 0.2) is 80.5 Å². The van der Waals surface area contributed by atoms with Gasteiger partial charge in [0.1, 0.15) is 0 Å². The minimum atomic E-state index is -0.0358. The Morgan fingerprint density at radius 2 is 1.88 bits per heavy atom. The maximum absolute atomic E-state index is 12.3. The molecular weight excluding hydrogens is 502 g/mol. The average molecular weight is 525 g/mol. The van der Waals surface area contributed by atoms with Gasteiger partial charge in [-0.1, -0.05) is 65.8 Å². The number of thiazole rings is 1. The van der Waals surface area contributed by atoms with Gasteiger partial charge in [0.25, 0.3) is 0 Å². The number of carbonyl (C=O) groups is 1. The molecule has 162 valence electrons. The minimum Gasteiger partial charge on any atom is -0.325 e. The highest BCUT2D eigenvalue weighted by molar-refractivity contribution is 9.10. The smallest absolute Gasteiger partial charge is 0.234 e. The first-order valence-corrected chi connectivity index (χ1v) is 12.8. The molecule has 1 N–H and O–H groups in total. The van der Waals surface area contributed by atoms with Crippen molar-refractivity contribution in [3.63, 3.8) is 0 Å². The first-order chi connectivity index (χ1) is 15.5. The summed E-state index contributed by atoms with van der Waals surface area (Å²) >= 11 is 6.47. The van der Waals surface area contributed by atoms with Crippen molar-refractivity contribution in [2.45, 2.75) is 24.1 Å². The van der Waals surface area contributed by atoms with Gasteiger partial charge in [0.2, 0.25) is 5.91 Å². The van der Waals surface area contributed by atoms with Gasteiger partial charge in [-0.25, -0.2) is 4.98 Å². The van der Waals surface area contributed by atoms with Gasteiger partial charge >= 0.3 is 0 Å². The molecule has 0 aliphatic heterocycles. The van der Waals surface area contributed by atoms with Crippen molar-refractivity contribution in [1.82, 2.24) is 4.98 Å². The molecule has 0 saturated heterocycles. The zero-order chi connectivity index (χ0) is 22.5. The Bertz CT molecular complexity index is 1250. The summed E-state index contributed by atoms with van der Waals surface area (Å²) in [5.41, 5.74) is 4.91. The highest BCUT2D eigenvalue weighted by Gasteiger charge is 2.09. The number of hydrogen-bond acceptors (Lipinski definition) is 5. The molecule has 4 nitrogen and oxygen atoms in total. The number of amides is 1. The second-order valence-corrected chi connectivity index (χ2v) is 10.7. The standard InChI is InChI=1S/C25H22BrN3OS2/c1-16(2)18-5-9-20(10-6-18)28-24(30)15-31-25-29-22-12-11-21(13-23(22)32-25)27-14-17-3-7-19(26)8-4-17/h3-14,16H,15H2,1-2H3,(H,28,30). The summed E-state index contributed by atoms with van der Waals surface area (Å²) in [6.07, 6.45) is 1.85. The van der Waals surface area contributed by atoms with E-state index in [1.807, 2.05) is 60.8 Å². The van der Waals surface area contributed by atoms with Crippen LogP contribution < -0.4 is 5.32 Å². The number of halogens is 1. The quantitative estimate of drug-likeness (QED) is 0.199. The van der Waals surface area contributed by atoms with Crippen molar-refractivity contribution in [3.05, 3.63) is 82.3 Å². The van der Waals surface area contributed by atoms with Gasteiger partial charge in [0.05, 0.1) is 21.7 Å². The molecule has 4 aromatic rings. The second-order valence-electron chi connectivity index (χ2n) is 7.56. The van der Waals surface area contributed by atoms with Crippen LogP contribution in [0.25, 0.3) is 10.2 Å². The molecular formula is C25H22BrN3OS2. The lowest BCUT2D eigenvalue weighted by molar-refractivity contribution is -0.113. The molecule has 0 aliphatic rings. The zero-order valence-corrected chi connectivity index (χ0v) is 20.9. The molecule has 7 heteroatoms. The summed E-state index contributed by atoms with van der Waals surface area (Å²) in [6, 6.07) is 22.0. The van der Waals surface area contributed by atoms with E-state index in [1.165, 1.54) is 17.3 Å². The van der Waals surface area contributed by atoms with Crippen LogP contribution in [0.5, 0.6) is 0 Å². The number of fused-ring (bicyclic) bond motifs is 1. The van der Waals surface area contributed by atoms with Gasteiger partial charge in [0, 0.05) is 16.4 Å². The van der Waals surface area contributed by atoms with E-state index in [4.69, 9.17) is 0 Å². The van der Waals surface area contributed by atoms with Crippen LogP contribution in [-0.4, -0.2) is 22.9 Å². The fourth-order valence-electron chi connectivity index (χ4n) is 3.01. The Kier molecular flexibility index (Phi) is 7.40. The maximum atomic E-state index is 12.3. The predicted molar refractivity (Wildman–Crippen MR) is 141 cm³/mol. The minimum absolute atomic E-state index is 0.0358. The van der Waals surface area contributed by atoms with E-state index < -0.39 is 0 Å². The number of anilines is 1. The molecule has 0 radical (unpaired) electrons. The first-order valence-electron chi connectivity index (χ1n) is 10.2. The van der Waals surface area contributed by atoms with E-state index in [0.29, 0.717) is 11.7 Å². The van der Waals surface area contributed by atoms with Gasteiger partial charge < -0.3 is 5.32 Å². The van der Waals surface area contributed by atoms with Crippen molar-refractivity contribution in [3.8, 4) is 0 Å². The third-order valence-corrected chi connectivity index (χ3v) is 7.46. The van der Waals surface area contributed by atoms with Crippen LogP contribution in [0.1, 0.15) is 30.9 Å². The molecule has 0 unspecified atom stereocenters. The number of rotatable bonds is 7. The van der Waals surface area contributed by atoms with E-state index in [1.54, 1.807) is 11.3 Å². The number of carbonyl (C=O) groups excluding carboxylic acids is 1. The number of nitrogens with one attached hydrogen (secondary N) is 1. The summed E-state index contributed by atoms with van der Waals surface area (Å²) in [5, 5.41) is 2.95. The third kappa shape index (κ3) is 6.06. The molecule has 0 fully saturated rings. The molecule has 0 saturated carbocycles. The van der Waals surface area contributed by atoms with Gasteiger partial charge in [-0.3, -0.25) is 9.79 Å². The highest BCUT2D eigenvalue weighted by atomic mass is 79.9. The molecule has 0 aliphatic carbocycles. The molecule has 3 aromatic carbocycles. The van der Waals surface area contributed by atoms with Crippen LogP contribution in [0.4, 0.5) is 11.4 Å². The second kappa shape index (κ2) is 10.4. The van der Waals surface area contributed by atoms with Crippen LogP contribution in [-0.2, 0) is 4.79 Å². The number of benzene rings is 3. The van der Waals surface area contributed by atoms with Gasteiger partial charge in [-0.2, -0.15) is 0 Å². The molecule has 32 heavy (non-hydrogen) atoms. The lowest BCUT2D eigenvalue weighted by atomic mass is 10.0. The third-order valence-electron chi connectivity index (χ3n) is 4.77.